The Kier molecular flexibility index (Phi) is 6.17. The molecule has 1 N–H and O–H groups in total. The Labute approximate surface area is 158 Å². The topological polar surface area (TPSA) is 49.4 Å². The van der Waals surface area contributed by atoms with Crippen LogP contribution in [0.15, 0.2) is 40.6 Å². The molecule has 1 saturated heterocycles. The highest BCUT2D eigenvalue weighted by molar-refractivity contribution is 7.89. The normalized spacial score (nSPS) is 17.0. The number of piperidine rings is 1. The van der Waals surface area contributed by atoms with Gasteiger partial charge in [-0.25, -0.2) is 13.1 Å². The van der Waals surface area contributed by atoms with Gasteiger partial charge < -0.3 is 4.90 Å². The second-order valence-electron chi connectivity index (χ2n) is 6.39. The van der Waals surface area contributed by atoms with Crippen molar-refractivity contribution in [3.05, 3.63) is 51.2 Å². The third-order valence-corrected chi connectivity index (χ3v) is 7.81. The van der Waals surface area contributed by atoms with Crippen LogP contribution in [0.3, 0.4) is 0 Å². The van der Waals surface area contributed by atoms with Crippen LogP contribution in [0.2, 0.25) is 5.02 Å². The molecule has 0 bridgehead atoms. The van der Waals surface area contributed by atoms with E-state index in [0.29, 0.717) is 23.0 Å². The Morgan fingerprint density at radius 1 is 1.24 bits per heavy atom. The quantitative estimate of drug-likeness (QED) is 0.803. The zero-order valence-corrected chi connectivity index (χ0v) is 16.6. The number of benzene rings is 1. The van der Waals surface area contributed by atoms with Gasteiger partial charge in [0.1, 0.15) is 0 Å². The molecule has 0 atom stereocenters. The zero-order valence-electron chi connectivity index (χ0n) is 14.2. The molecule has 7 heteroatoms. The van der Waals surface area contributed by atoms with E-state index in [9.17, 15) is 8.42 Å². The predicted octanol–water partition coefficient (Wildman–Crippen LogP) is 3.87. The van der Waals surface area contributed by atoms with Gasteiger partial charge in [0.2, 0.25) is 10.0 Å². The van der Waals surface area contributed by atoms with Gasteiger partial charge in [-0.15, -0.1) is 11.3 Å². The van der Waals surface area contributed by atoms with Gasteiger partial charge in [0.05, 0.1) is 4.90 Å². The second kappa shape index (κ2) is 8.18. The highest BCUT2D eigenvalue weighted by Gasteiger charge is 2.22. The van der Waals surface area contributed by atoms with Gasteiger partial charge in [0.25, 0.3) is 0 Å². The Hall–Kier alpha value is -0.920. The number of sulfonamides is 1. The highest BCUT2D eigenvalue weighted by atomic mass is 35.5. The lowest BCUT2D eigenvalue weighted by atomic mass is 9.95. The van der Waals surface area contributed by atoms with Crippen LogP contribution >= 0.6 is 22.9 Å². The van der Waals surface area contributed by atoms with Crippen molar-refractivity contribution in [2.75, 3.05) is 26.2 Å². The van der Waals surface area contributed by atoms with E-state index < -0.39 is 10.0 Å². The van der Waals surface area contributed by atoms with Crippen LogP contribution in [0.25, 0.3) is 0 Å². The summed E-state index contributed by atoms with van der Waals surface area (Å²) in [7, 11) is -3.52. The summed E-state index contributed by atoms with van der Waals surface area (Å²) in [5.41, 5.74) is 0.591. The molecule has 0 amide bonds. The summed E-state index contributed by atoms with van der Waals surface area (Å²) in [5.74, 6) is 0.655. The number of nitrogens with one attached hydrogen (secondary N) is 1. The fraction of sp³-hybridized carbons (Fsp3) is 0.444. The summed E-state index contributed by atoms with van der Waals surface area (Å²) in [6.45, 7) is 4.90. The van der Waals surface area contributed by atoms with Gasteiger partial charge in [0, 0.05) is 23.0 Å². The molecule has 1 aromatic heterocycles. The number of hydrogen-bond donors (Lipinski definition) is 1. The molecule has 4 nitrogen and oxygen atoms in total. The lowest BCUT2D eigenvalue weighted by Crippen LogP contribution is -2.39. The van der Waals surface area contributed by atoms with Gasteiger partial charge >= 0.3 is 0 Å². The molecule has 0 unspecified atom stereocenters. The van der Waals surface area contributed by atoms with E-state index in [1.807, 2.05) is 11.3 Å². The molecule has 0 spiro atoms. The van der Waals surface area contributed by atoms with Gasteiger partial charge in [-0.1, -0.05) is 23.7 Å². The maximum atomic E-state index is 12.5. The van der Waals surface area contributed by atoms with Gasteiger partial charge in [-0.2, -0.15) is 0 Å². The average Bonchev–Trinajstić information content (AvgIpc) is 3.12. The minimum absolute atomic E-state index is 0.261. The summed E-state index contributed by atoms with van der Waals surface area (Å²) in [6, 6.07) is 9.29. The van der Waals surface area contributed by atoms with Crippen molar-refractivity contribution >= 4 is 33.0 Å². The molecule has 0 aliphatic carbocycles. The van der Waals surface area contributed by atoms with Crippen LogP contribution in [0.5, 0.6) is 0 Å². The van der Waals surface area contributed by atoms with E-state index in [4.69, 9.17) is 11.6 Å². The first-order valence-corrected chi connectivity index (χ1v) is 11.2. The molecule has 0 radical (unpaired) electrons. The summed E-state index contributed by atoms with van der Waals surface area (Å²) in [6.07, 6.45) is 2.28. The molecule has 136 valence electrons. The molecular formula is C18H23ClN2O2S2. The molecule has 25 heavy (non-hydrogen) atoms. The first kappa shape index (κ1) is 18.9. The number of hydrogen-bond acceptors (Lipinski definition) is 4. The minimum atomic E-state index is -3.52. The third-order valence-electron chi connectivity index (χ3n) is 4.76. The Balaban J connectivity index is 1.49. The van der Waals surface area contributed by atoms with Crippen molar-refractivity contribution in [3.8, 4) is 0 Å². The monoisotopic (exact) mass is 398 g/mol. The van der Waals surface area contributed by atoms with Crippen LogP contribution in [0.1, 0.15) is 29.2 Å². The van der Waals surface area contributed by atoms with Crippen molar-refractivity contribution in [1.29, 1.82) is 0 Å². The van der Waals surface area contributed by atoms with Gasteiger partial charge in [-0.3, -0.25) is 0 Å². The molecule has 1 aromatic carbocycles. The molecule has 3 rings (SSSR count). The van der Waals surface area contributed by atoms with Crippen LogP contribution in [-0.2, 0) is 10.0 Å². The second-order valence-corrected chi connectivity index (χ2v) is 9.51. The number of thiophene rings is 1. The van der Waals surface area contributed by atoms with Crippen molar-refractivity contribution in [2.45, 2.75) is 30.6 Å². The first-order valence-electron chi connectivity index (χ1n) is 8.48. The maximum Gasteiger partial charge on any atom is 0.240 e. The third kappa shape index (κ3) is 4.63. The van der Waals surface area contributed by atoms with Crippen molar-refractivity contribution in [1.82, 2.24) is 9.62 Å². The van der Waals surface area contributed by atoms with E-state index in [1.54, 1.807) is 25.1 Å². The molecular weight excluding hydrogens is 376 g/mol. The Morgan fingerprint density at radius 2 is 2.00 bits per heavy atom. The van der Waals surface area contributed by atoms with E-state index in [-0.39, 0.29) is 4.90 Å². The van der Waals surface area contributed by atoms with E-state index in [2.05, 4.69) is 27.1 Å². The van der Waals surface area contributed by atoms with Crippen molar-refractivity contribution in [2.24, 2.45) is 0 Å². The minimum Gasteiger partial charge on any atom is -0.302 e. The summed E-state index contributed by atoms with van der Waals surface area (Å²) >= 11 is 7.86. The van der Waals surface area contributed by atoms with E-state index in [1.165, 1.54) is 4.88 Å². The summed E-state index contributed by atoms with van der Waals surface area (Å²) in [4.78, 5) is 4.06. The lowest BCUT2D eigenvalue weighted by Gasteiger charge is -2.31. The van der Waals surface area contributed by atoms with Gasteiger partial charge in [0.15, 0.2) is 0 Å². The molecule has 1 fully saturated rings. The summed E-state index contributed by atoms with van der Waals surface area (Å²) in [5, 5.41) is 2.60. The maximum absolute atomic E-state index is 12.5. The fourth-order valence-electron chi connectivity index (χ4n) is 3.26. The molecule has 2 heterocycles. The van der Waals surface area contributed by atoms with Crippen molar-refractivity contribution < 1.29 is 8.42 Å². The van der Waals surface area contributed by atoms with Crippen LogP contribution in [-0.4, -0.2) is 39.5 Å². The van der Waals surface area contributed by atoms with Crippen LogP contribution < -0.4 is 4.72 Å². The Morgan fingerprint density at radius 3 is 2.68 bits per heavy atom. The SMILES string of the molecule is Cc1c(Cl)cccc1S(=O)(=O)NCCN1CCC(c2cccs2)CC1. The molecule has 2 aromatic rings. The first-order chi connectivity index (χ1) is 12.0. The average molecular weight is 399 g/mol. The molecule has 0 saturated carbocycles. The highest BCUT2D eigenvalue weighted by Crippen LogP contribution is 2.30. The largest absolute Gasteiger partial charge is 0.302 e. The van der Waals surface area contributed by atoms with E-state index in [0.717, 1.165) is 32.5 Å². The zero-order chi connectivity index (χ0) is 17.9. The molecule has 1 aliphatic rings. The smallest absolute Gasteiger partial charge is 0.240 e. The van der Waals surface area contributed by atoms with Crippen LogP contribution in [0, 0.1) is 6.92 Å². The number of likely N-dealkylation sites (tertiary alicyclic amines) is 1. The molecule has 1 aliphatic heterocycles. The lowest BCUT2D eigenvalue weighted by molar-refractivity contribution is 0.217. The standard InChI is InChI=1S/C18H23ClN2O2S2/c1-14-16(19)4-2-6-18(14)25(22,23)20-9-12-21-10-7-15(8-11-21)17-5-3-13-24-17/h2-6,13,15,20H,7-12H2,1H3. The van der Waals surface area contributed by atoms with E-state index >= 15 is 0 Å². The number of nitrogens with zero attached hydrogens (tertiary/aromatic N) is 1. The number of rotatable bonds is 6. The Bertz CT molecular complexity index is 798. The summed E-state index contributed by atoms with van der Waals surface area (Å²) < 4.78 is 27.6. The van der Waals surface area contributed by atoms with Gasteiger partial charge in [-0.05, 0) is 67.9 Å². The van der Waals surface area contributed by atoms with Crippen LogP contribution in [0.4, 0.5) is 0 Å². The fourth-order valence-corrected chi connectivity index (χ4v) is 5.68. The van der Waals surface area contributed by atoms with Crippen molar-refractivity contribution in [3.63, 3.8) is 0 Å². The number of halogens is 1. The predicted molar refractivity (Wildman–Crippen MR) is 104 cm³/mol.